The third-order valence-corrected chi connectivity index (χ3v) is 8.76. The Morgan fingerprint density at radius 2 is 0.558 bits per heavy atom. The predicted molar refractivity (Wildman–Crippen MR) is 186 cm³/mol. The first-order chi connectivity index (χ1) is 21.2. The maximum absolute atomic E-state index is 12.0. The lowest BCUT2D eigenvalue weighted by Crippen LogP contribution is -2.31. The maximum atomic E-state index is 12.0. The molecule has 0 aliphatic carbocycles. The molecule has 0 aromatic heterocycles. The molecule has 0 aliphatic heterocycles. The average molecular weight is 609 g/mol. The average Bonchev–Trinajstić information content (AvgIpc) is 3.00. The van der Waals surface area contributed by atoms with E-state index >= 15 is 0 Å². The Morgan fingerprint density at radius 3 is 0.791 bits per heavy atom. The van der Waals surface area contributed by atoms with Crippen LogP contribution in [0.2, 0.25) is 0 Å². The van der Waals surface area contributed by atoms with Gasteiger partial charge in [0.15, 0.2) is 0 Å². The minimum Gasteiger partial charge on any atom is -0.341 e. The van der Waals surface area contributed by atoms with E-state index in [9.17, 15) is 9.59 Å². The summed E-state index contributed by atoms with van der Waals surface area (Å²) < 4.78 is 5.37. The molecule has 0 saturated carbocycles. The van der Waals surface area contributed by atoms with Crippen LogP contribution in [-0.2, 0) is 14.3 Å². The molecular weight excluding hydrogens is 532 g/mol. The summed E-state index contributed by atoms with van der Waals surface area (Å²) >= 11 is 0. The number of unbranched alkanes of at least 4 members (excludes halogenated alkanes) is 28. The summed E-state index contributed by atoms with van der Waals surface area (Å²) in [4.78, 5) is 23.9. The number of nitrogens with one attached hydrogen (secondary N) is 2. The highest BCUT2D eigenvalue weighted by molar-refractivity contribution is 5.76. The van der Waals surface area contributed by atoms with Crippen LogP contribution in [0.25, 0.3) is 0 Å². The molecule has 0 radical (unpaired) electrons. The second kappa shape index (κ2) is 37.1. The highest BCUT2D eigenvalue weighted by Crippen LogP contribution is 2.15. The highest BCUT2D eigenvalue weighted by atomic mass is 16.5. The fourth-order valence-corrected chi connectivity index (χ4v) is 5.80. The van der Waals surface area contributed by atoms with Crippen LogP contribution in [0.3, 0.4) is 0 Å². The largest absolute Gasteiger partial charge is 0.341 e. The number of carbonyl (C=O) groups excluding carboxylic acids is 2. The van der Waals surface area contributed by atoms with Crippen molar-refractivity contribution in [3.8, 4) is 0 Å². The second-order valence-corrected chi connectivity index (χ2v) is 13.1. The molecule has 0 spiro atoms. The van der Waals surface area contributed by atoms with Gasteiger partial charge in [0.05, 0.1) is 0 Å². The molecule has 0 aromatic carbocycles. The standard InChI is InChI=1S/C38H76N2O3/c1-3-5-7-9-11-13-15-17-19-21-23-25-27-29-31-33-37(41)39-35-43-36-40-38(42)34-32-30-28-26-24-22-20-18-16-14-12-10-8-6-4-2/h3-36H2,1-2H3,(H,39,41)(H,40,42). The van der Waals surface area contributed by atoms with Crippen molar-refractivity contribution in [3.63, 3.8) is 0 Å². The summed E-state index contributed by atoms with van der Waals surface area (Å²) in [6, 6.07) is 0. The SMILES string of the molecule is CCCCCCCCCCCCCCCCCC(=O)NCOCNC(=O)CCCCCCCCCCCCCCCCC. The molecule has 0 atom stereocenters. The van der Waals surface area contributed by atoms with Gasteiger partial charge in [-0.15, -0.1) is 0 Å². The number of hydrogen-bond acceptors (Lipinski definition) is 3. The Balaban J connectivity index is 3.25. The smallest absolute Gasteiger partial charge is 0.221 e. The molecule has 0 unspecified atom stereocenters. The zero-order valence-corrected chi connectivity index (χ0v) is 29.3. The fourth-order valence-electron chi connectivity index (χ4n) is 5.80. The topological polar surface area (TPSA) is 67.4 Å². The van der Waals surface area contributed by atoms with Crippen molar-refractivity contribution in [2.75, 3.05) is 13.5 Å². The van der Waals surface area contributed by atoms with Crippen LogP contribution in [0.1, 0.15) is 219 Å². The van der Waals surface area contributed by atoms with Gasteiger partial charge in [-0.2, -0.15) is 0 Å². The Hall–Kier alpha value is -1.10. The van der Waals surface area contributed by atoms with Gasteiger partial charge in [-0.05, 0) is 12.8 Å². The zero-order valence-electron chi connectivity index (χ0n) is 29.3. The van der Waals surface area contributed by atoms with Crippen molar-refractivity contribution in [1.29, 1.82) is 0 Å². The fraction of sp³-hybridized carbons (Fsp3) is 0.947. The van der Waals surface area contributed by atoms with E-state index in [0.717, 1.165) is 25.7 Å². The van der Waals surface area contributed by atoms with E-state index in [2.05, 4.69) is 24.5 Å². The van der Waals surface area contributed by atoms with Gasteiger partial charge in [-0.25, -0.2) is 0 Å². The number of carbonyl (C=O) groups is 2. The van der Waals surface area contributed by atoms with E-state index in [4.69, 9.17) is 4.74 Å². The first-order valence-corrected chi connectivity index (χ1v) is 19.3. The van der Waals surface area contributed by atoms with Crippen molar-refractivity contribution in [2.45, 2.75) is 219 Å². The lowest BCUT2D eigenvalue weighted by molar-refractivity contribution is -0.124. The molecule has 0 fully saturated rings. The van der Waals surface area contributed by atoms with Gasteiger partial charge in [-0.1, -0.05) is 194 Å². The minimum absolute atomic E-state index is 0.0406. The van der Waals surface area contributed by atoms with Crippen LogP contribution in [0.15, 0.2) is 0 Å². The molecule has 2 N–H and O–H groups in total. The zero-order chi connectivity index (χ0) is 31.3. The first-order valence-electron chi connectivity index (χ1n) is 19.3. The molecule has 0 aliphatic rings. The summed E-state index contributed by atoms with van der Waals surface area (Å²) in [5.74, 6) is 0.0812. The van der Waals surface area contributed by atoms with Crippen molar-refractivity contribution in [3.05, 3.63) is 0 Å². The van der Waals surface area contributed by atoms with E-state index in [-0.39, 0.29) is 25.3 Å². The third kappa shape index (κ3) is 37.0. The van der Waals surface area contributed by atoms with Gasteiger partial charge in [0.25, 0.3) is 0 Å². The van der Waals surface area contributed by atoms with Crippen LogP contribution in [0, 0.1) is 0 Å². The number of amides is 2. The van der Waals surface area contributed by atoms with Gasteiger partial charge in [0.1, 0.15) is 13.5 Å². The number of ether oxygens (including phenoxy) is 1. The van der Waals surface area contributed by atoms with Crippen LogP contribution in [-0.4, -0.2) is 25.3 Å². The van der Waals surface area contributed by atoms with Crippen LogP contribution >= 0.6 is 0 Å². The summed E-state index contributed by atoms with van der Waals surface area (Å²) in [7, 11) is 0. The van der Waals surface area contributed by atoms with Gasteiger partial charge in [0, 0.05) is 12.8 Å². The lowest BCUT2D eigenvalue weighted by atomic mass is 10.0. The molecule has 0 aromatic rings. The lowest BCUT2D eigenvalue weighted by Gasteiger charge is -2.08. The number of rotatable bonds is 36. The molecule has 0 bridgehead atoms. The predicted octanol–water partition coefficient (Wildman–Crippen LogP) is 11.7. The minimum atomic E-state index is 0.0406. The van der Waals surface area contributed by atoms with Crippen molar-refractivity contribution in [1.82, 2.24) is 10.6 Å². The van der Waals surface area contributed by atoms with E-state index < -0.39 is 0 Å². The molecule has 5 nitrogen and oxygen atoms in total. The molecule has 43 heavy (non-hydrogen) atoms. The van der Waals surface area contributed by atoms with Crippen LogP contribution in [0.4, 0.5) is 0 Å². The normalized spacial score (nSPS) is 11.2. The monoisotopic (exact) mass is 609 g/mol. The van der Waals surface area contributed by atoms with Crippen molar-refractivity contribution >= 4 is 11.8 Å². The molecule has 2 amide bonds. The van der Waals surface area contributed by atoms with Crippen molar-refractivity contribution < 1.29 is 14.3 Å². The molecule has 5 heteroatoms. The van der Waals surface area contributed by atoms with E-state index in [1.807, 2.05) is 0 Å². The Bertz CT molecular complexity index is 521. The van der Waals surface area contributed by atoms with E-state index in [1.54, 1.807) is 0 Å². The van der Waals surface area contributed by atoms with Gasteiger partial charge in [-0.3, -0.25) is 9.59 Å². The van der Waals surface area contributed by atoms with Gasteiger partial charge < -0.3 is 15.4 Å². The Kier molecular flexibility index (Phi) is 36.1. The van der Waals surface area contributed by atoms with Gasteiger partial charge in [0.2, 0.25) is 11.8 Å². The van der Waals surface area contributed by atoms with Crippen molar-refractivity contribution in [2.24, 2.45) is 0 Å². The third-order valence-electron chi connectivity index (χ3n) is 8.76. The van der Waals surface area contributed by atoms with Crippen LogP contribution in [0.5, 0.6) is 0 Å². The molecule has 0 rings (SSSR count). The van der Waals surface area contributed by atoms with E-state index in [0.29, 0.717) is 12.8 Å². The molecule has 256 valence electrons. The van der Waals surface area contributed by atoms with Crippen LogP contribution < -0.4 is 10.6 Å². The molecule has 0 saturated heterocycles. The summed E-state index contributed by atoms with van der Waals surface area (Å²) in [6.45, 7) is 4.88. The van der Waals surface area contributed by atoms with E-state index in [1.165, 1.54) is 167 Å². The Morgan fingerprint density at radius 1 is 0.349 bits per heavy atom. The second-order valence-electron chi connectivity index (χ2n) is 13.1. The summed E-state index contributed by atoms with van der Waals surface area (Å²) in [5, 5.41) is 5.59. The first kappa shape index (κ1) is 41.9. The molecular formula is C38H76N2O3. The Labute approximate surface area is 269 Å². The van der Waals surface area contributed by atoms with Gasteiger partial charge >= 0.3 is 0 Å². The molecule has 0 heterocycles. The quantitative estimate of drug-likeness (QED) is 0.0549. The summed E-state index contributed by atoms with van der Waals surface area (Å²) in [6.07, 6.45) is 41.0. The maximum Gasteiger partial charge on any atom is 0.221 e. The summed E-state index contributed by atoms with van der Waals surface area (Å²) in [5.41, 5.74) is 0. The number of hydrogen-bond donors (Lipinski definition) is 2. The highest BCUT2D eigenvalue weighted by Gasteiger charge is 2.03.